The van der Waals surface area contributed by atoms with Gasteiger partial charge in [-0.25, -0.2) is 0 Å². The Kier molecular flexibility index (Phi) is 7.04. The molecule has 0 aromatic heterocycles. The molecule has 4 heteroatoms. The van der Waals surface area contributed by atoms with Crippen molar-refractivity contribution in [2.45, 2.75) is 32.8 Å². The van der Waals surface area contributed by atoms with Crippen LogP contribution in [0, 0.1) is 0 Å². The summed E-state index contributed by atoms with van der Waals surface area (Å²) in [6, 6.07) is 0. The predicted molar refractivity (Wildman–Crippen MR) is 51.0 cm³/mol. The van der Waals surface area contributed by atoms with Crippen molar-refractivity contribution in [2.75, 3.05) is 0 Å². The highest BCUT2D eigenvalue weighted by Crippen LogP contribution is 2.06. The molecule has 0 aliphatic rings. The molecule has 0 saturated heterocycles. The first-order valence-corrected chi connectivity index (χ1v) is 3.82. The molecule has 0 saturated carbocycles. The lowest BCUT2D eigenvalue weighted by molar-refractivity contribution is -0.120. The molecule has 0 aromatic carbocycles. The molecule has 0 aliphatic carbocycles. The summed E-state index contributed by atoms with van der Waals surface area (Å²) in [5.41, 5.74) is 3.71. The molecule has 13 heavy (non-hydrogen) atoms. The van der Waals surface area contributed by atoms with Crippen LogP contribution in [0.1, 0.15) is 27.2 Å². The average Bonchev–Trinajstić information content (AvgIpc) is 1.83. The highest BCUT2D eigenvalue weighted by molar-refractivity contribution is 5.84. The van der Waals surface area contributed by atoms with E-state index in [0.717, 1.165) is 6.08 Å². The Bertz CT molecular complexity index is 192. The smallest absolute Gasteiger partial charge is 0.240 e. The van der Waals surface area contributed by atoms with Crippen LogP contribution in [0.4, 0.5) is 0 Å². The first-order valence-electron chi connectivity index (χ1n) is 3.82. The third-order valence-electron chi connectivity index (χ3n) is 0.883. The van der Waals surface area contributed by atoms with Crippen LogP contribution in [0.2, 0.25) is 0 Å². The van der Waals surface area contributed by atoms with Gasteiger partial charge in [0.05, 0.1) is 5.60 Å². The maximum atomic E-state index is 10.3. The molecular weight excluding hydrogens is 170 g/mol. The molecule has 0 heterocycles. The second-order valence-corrected chi connectivity index (χ2v) is 3.30. The lowest BCUT2D eigenvalue weighted by Gasteiger charge is -2.13. The van der Waals surface area contributed by atoms with E-state index in [9.17, 15) is 9.59 Å². The Morgan fingerprint density at radius 3 is 1.85 bits per heavy atom. The highest BCUT2D eigenvalue weighted by atomic mass is 16.3. The van der Waals surface area contributed by atoms with E-state index in [2.05, 4.69) is 12.3 Å². The Morgan fingerprint density at radius 1 is 1.54 bits per heavy atom. The Hall–Kier alpha value is -1.16. The lowest BCUT2D eigenvalue weighted by Crippen LogP contribution is -2.21. The van der Waals surface area contributed by atoms with Crippen LogP contribution in [-0.4, -0.2) is 22.4 Å². The minimum absolute atomic E-state index is 0.0255. The fourth-order valence-corrected chi connectivity index (χ4v) is 0.609. The van der Waals surface area contributed by atoms with Gasteiger partial charge in [0.25, 0.3) is 0 Å². The molecule has 0 rings (SSSR count). The summed E-state index contributed by atoms with van der Waals surface area (Å²) in [4.78, 5) is 19.8. The number of amides is 1. The maximum Gasteiger partial charge on any atom is 0.240 e. The second kappa shape index (κ2) is 6.37. The van der Waals surface area contributed by atoms with Crippen LogP contribution in [-0.2, 0) is 9.59 Å². The number of ketones is 1. The zero-order chi connectivity index (χ0) is 11.1. The second-order valence-electron chi connectivity index (χ2n) is 3.30. The van der Waals surface area contributed by atoms with Gasteiger partial charge in [-0.2, -0.15) is 0 Å². The van der Waals surface area contributed by atoms with Crippen LogP contribution >= 0.6 is 0 Å². The van der Waals surface area contributed by atoms with Crippen molar-refractivity contribution in [1.82, 2.24) is 0 Å². The number of hydrogen-bond donors (Lipinski definition) is 2. The minimum Gasteiger partial charge on any atom is -0.390 e. The summed E-state index contributed by atoms with van der Waals surface area (Å²) < 4.78 is 0. The van der Waals surface area contributed by atoms with Crippen molar-refractivity contribution >= 4 is 11.7 Å². The fraction of sp³-hybridized carbons (Fsp3) is 0.556. The highest BCUT2D eigenvalue weighted by Gasteiger charge is 2.13. The summed E-state index contributed by atoms with van der Waals surface area (Å²) in [5.74, 6) is -0.456. The summed E-state index contributed by atoms with van der Waals surface area (Å²) in [7, 11) is 0. The number of aliphatic hydroxyl groups is 1. The van der Waals surface area contributed by atoms with Crippen molar-refractivity contribution in [3.8, 4) is 0 Å². The summed E-state index contributed by atoms with van der Waals surface area (Å²) in [5, 5.41) is 8.97. The van der Waals surface area contributed by atoms with E-state index < -0.39 is 11.5 Å². The number of rotatable bonds is 3. The molecule has 4 nitrogen and oxygen atoms in total. The fourth-order valence-electron chi connectivity index (χ4n) is 0.609. The molecule has 0 radical (unpaired) electrons. The van der Waals surface area contributed by atoms with Gasteiger partial charge < -0.3 is 10.8 Å². The van der Waals surface area contributed by atoms with Gasteiger partial charge in [0, 0.05) is 6.42 Å². The molecule has 0 aromatic rings. The van der Waals surface area contributed by atoms with Crippen molar-refractivity contribution in [2.24, 2.45) is 5.73 Å². The van der Waals surface area contributed by atoms with Crippen LogP contribution in [0.15, 0.2) is 12.7 Å². The van der Waals surface area contributed by atoms with Gasteiger partial charge in [0.1, 0.15) is 5.78 Å². The third kappa shape index (κ3) is 24.8. The van der Waals surface area contributed by atoms with Gasteiger partial charge in [-0.15, -0.1) is 0 Å². The van der Waals surface area contributed by atoms with E-state index in [-0.39, 0.29) is 12.2 Å². The van der Waals surface area contributed by atoms with Crippen molar-refractivity contribution in [3.63, 3.8) is 0 Å². The van der Waals surface area contributed by atoms with E-state index >= 15 is 0 Å². The number of hydrogen-bond acceptors (Lipinski definition) is 3. The Morgan fingerprint density at radius 2 is 1.85 bits per heavy atom. The number of carbonyl (C=O) groups is 2. The molecule has 1 amide bonds. The van der Waals surface area contributed by atoms with Gasteiger partial charge in [0.15, 0.2) is 0 Å². The van der Waals surface area contributed by atoms with Crippen LogP contribution in [0.5, 0.6) is 0 Å². The van der Waals surface area contributed by atoms with Gasteiger partial charge in [0.2, 0.25) is 5.91 Å². The van der Waals surface area contributed by atoms with Crippen LogP contribution < -0.4 is 5.73 Å². The van der Waals surface area contributed by atoms with Gasteiger partial charge in [-0.05, 0) is 26.8 Å². The molecule has 3 N–H and O–H groups in total. The number of nitrogens with two attached hydrogens (primary N) is 1. The largest absolute Gasteiger partial charge is 0.390 e. The van der Waals surface area contributed by atoms with E-state index in [4.69, 9.17) is 5.11 Å². The number of Topliss-reactive ketones (excluding diaryl/α,β-unsaturated/α-hetero) is 1. The van der Waals surface area contributed by atoms with Crippen LogP contribution in [0.3, 0.4) is 0 Å². The first-order chi connectivity index (χ1) is 5.69. The number of carbonyl (C=O) groups excluding carboxylic acids is 2. The summed E-state index contributed by atoms with van der Waals surface area (Å²) in [6.07, 6.45) is 1.30. The lowest BCUT2D eigenvalue weighted by atomic mass is 10.0. The summed E-state index contributed by atoms with van der Waals surface area (Å²) >= 11 is 0. The maximum absolute atomic E-state index is 10.3. The SMILES string of the molecule is C=CC(N)=O.CC(=O)CC(C)(C)O. The minimum atomic E-state index is -0.828. The molecule has 0 unspecified atom stereocenters. The van der Waals surface area contributed by atoms with Crippen LogP contribution in [0.25, 0.3) is 0 Å². The van der Waals surface area contributed by atoms with Crippen molar-refractivity contribution in [3.05, 3.63) is 12.7 Å². The number of primary amides is 1. The van der Waals surface area contributed by atoms with E-state index in [1.807, 2.05) is 0 Å². The van der Waals surface area contributed by atoms with E-state index in [1.165, 1.54) is 6.92 Å². The molecule has 0 aliphatic heterocycles. The van der Waals surface area contributed by atoms with Gasteiger partial charge >= 0.3 is 0 Å². The van der Waals surface area contributed by atoms with Gasteiger partial charge in [-0.1, -0.05) is 6.58 Å². The standard InChI is InChI=1S/C6H12O2.C3H5NO/c1-5(7)4-6(2,3)8;1-2-3(4)5/h8H,4H2,1-3H3;2H,1H2,(H2,4,5). The van der Waals surface area contributed by atoms with E-state index in [0.29, 0.717) is 0 Å². The molecule has 76 valence electrons. The molecule has 0 bridgehead atoms. The molecule has 0 atom stereocenters. The average molecular weight is 187 g/mol. The Labute approximate surface area is 78.4 Å². The topological polar surface area (TPSA) is 80.4 Å². The Balaban J connectivity index is 0. The normalized spacial score (nSPS) is 9.54. The molecular formula is C9H17NO3. The molecule has 0 fully saturated rings. The van der Waals surface area contributed by atoms with Crippen molar-refractivity contribution in [1.29, 1.82) is 0 Å². The zero-order valence-electron chi connectivity index (χ0n) is 8.33. The molecule has 0 spiro atoms. The predicted octanol–water partition coefficient (Wildman–Crippen LogP) is 0.394. The summed E-state index contributed by atoms with van der Waals surface area (Å²) in [6.45, 7) is 7.79. The van der Waals surface area contributed by atoms with Crippen molar-refractivity contribution < 1.29 is 14.7 Å². The van der Waals surface area contributed by atoms with E-state index in [1.54, 1.807) is 13.8 Å². The first kappa shape index (κ1) is 14.4. The monoisotopic (exact) mass is 187 g/mol. The third-order valence-corrected chi connectivity index (χ3v) is 0.883. The van der Waals surface area contributed by atoms with Gasteiger partial charge in [-0.3, -0.25) is 9.59 Å². The zero-order valence-corrected chi connectivity index (χ0v) is 8.33. The quantitative estimate of drug-likeness (QED) is 0.627.